The second-order valence-electron chi connectivity index (χ2n) is 4.17. The number of rotatable bonds is 3. The summed E-state index contributed by atoms with van der Waals surface area (Å²) in [6, 6.07) is -0.621. The van der Waals surface area contributed by atoms with Crippen LogP contribution in [-0.2, 0) is 9.59 Å². The number of nitrogens with zero attached hydrogens (tertiary/aromatic N) is 2. The van der Waals surface area contributed by atoms with E-state index in [1.54, 1.807) is 6.92 Å². The van der Waals surface area contributed by atoms with Crippen molar-refractivity contribution < 1.29 is 9.59 Å². The van der Waals surface area contributed by atoms with Gasteiger partial charge in [0.15, 0.2) is 0 Å². The van der Waals surface area contributed by atoms with Crippen molar-refractivity contribution in [2.45, 2.75) is 19.4 Å². The Morgan fingerprint density at radius 3 is 2.50 bits per heavy atom. The van der Waals surface area contributed by atoms with Crippen molar-refractivity contribution >= 4 is 11.8 Å². The first kappa shape index (κ1) is 12.9. The summed E-state index contributed by atoms with van der Waals surface area (Å²) in [4.78, 5) is 25.9. The predicted octanol–water partition coefficient (Wildman–Crippen LogP) is -1.65. The van der Waals surface area contributed by atoms with Crippen molar-refractivity contribution in [3.8, 4) is 0 Å². The Kier molecular flexibility index (Phi) is 4.70. The van der Waals surface area contributed by atoms with Crippen LogP contribution in [0.15, 0.2) is 0 Å². The molecule has 1 fully saturated rings. The number of primary amides is 1. The topological polar surface area (TPSA) is 92.7 Å². The zero-order valence-corrected chi connectivity index (χ0v) is 9.69. The molecule has 0 aromatic carbocycles. The Labute approximate surface area is 95.5 Å². The van der Waals surface area contributed by atoms with Gasteiger partial charge in [0.1, 0.15) is 0 Å². The molecule has 1 unspecified atom stereocenters. The number of hydrogen-bond acceptors (Lipinski definition) is 4. The standard InChI is InChI=1S/C10H20N4O2/c1-8(15)14-4-2-3-13(5-6-14)7-9(11)10(12)16/h9H,2-7,11H2,1H3,(H2,12,16). The maximum absolute atomic E-state index is 11.2. The van der Waals surface area contributed by atoms with Gasteiger partial charge in [0, 0.05) is 33.1 Å². The van der Waals surface area contributed by atoms with Gasteiger partial charge in [0.2, 0.25) is 11.8 Å². The van der Waals surface area contributed by atoms with Crippen molar-refractivity contribution in [3.05, 3.63) is 0 Å². The van der Waals surface area contributed by atoms with E-state index in [9.17, 15) is 9.59 Å². The SMILES string of the molecule is CC(=O)N1CCCN(CC(N)C(N)=O)CC1. The molecule has 4 N–H and O–H groups in total. The van der Waals surface area contributed by atoms with E-state index in [4.69, 9.17) is 11.5 Å². The van der Waals surface area contributed by atoms with Crippen LogP contribution in [0.1, 0.15) is 13.3 Å². The summed E-state index contributed by atoms with van der Waals surface area (Å²) in [6.45, 7) is 5.12. The molecule has 0 aromatic rings. The van der Waals surface area contributed by atoms with Gasteiger partial charge in [-0.2, -0.15) is 0 Å². The van der Waals surface area contributed by atoms with E-state index in [1.165, 1.54) is 0 Å². The summed E-state index contributed by atoms with van der Waals surface area (Å²) in [5.74, 6) is -0.381. The first-order valence-corrected chi connectivity index (χ1v) is 5.53. The van der Waals surface area contributed by atoms with E-state index in [1.807, 2.05) is 4.90 Å². The third kappa shape index (κ3) is 3.79. The molecule has 92 valence electrons. The number of hydrogen-bond donors (Lipinski definition) is 2. The van der Waals surface area contributed by atoms with Crippen molar-refractivity contribution in [2.75, 3.05) is 32.7 Å². The van der Waals surface area contributed by atoms with Crippen molar-refractivity contribution in [2.24, 2.45) is 11.5 Å². The Morgan fingerprint density at radius 1 is 1.25 bits per heavy atom. The summed E-state index contributed by atoms with van der Waals surface area (Å²) in [7, 11) is 0. The van der Waals surface area contributed by atoms with Crippen LogP contribution in [0.5, 0.6) is 0 Å². The highest BCUT2D eigenvalue weighted by molar-refractivity contribution is 5.79. The molecule has 1 rings (SSSR count). The van der Waals surface area contributed by atoms with Crippen LogP contribution in [0, 0.1) is 0 Å². The summed E-state index contributed by atoms with van der Waals surface area (Å²) < 4.78 is 0. The lowest BCUT2D eigenvalue weighted by molar-refractivity contribution is -0.128. The van der Waals surface area contributed by atoms with E-state index >= 15 is 0 Å². The fourth-order valence-corrected chi connectivity index (χ4v) is 1.84. The molecule has 2 amide bonds. The highest BCUT2D eigenvalue weighted by Crippen LogP contribution is 2.03. The van der Waals surface area contributed by atoms with Crippen LogP contribution in [0.4, 0.5) is 0 Å². The molecule has 0 aromatic heterocycles. The first-order valence-electron chi connectivity index (χ1n) is 5.53. The third-order valence-corrected chi connectivity index (χ3v) is 2.85. The molecule has 16 heavy (non-hydrogen) atoms. The van der Waals surface area contributed by atoms with Crippen LogP contribution in [-0.4, -0.2) is 60.4 Å². The van der Waals surface area contributed by atoms with Gasteiger partial charge >= 0.3 is 0 Å². The van der Waals surface area contributed by atoms with Crippen LogP contribution < -0.4 is 11.5 Å². The largest absolute Gasteiger partial charge is 0.368 e. The van der Waals surface area contributed by atoms with E-state index in [-0.39, 0.29) is 5.91 Å². The van der Waals surface area contributed by atoms with Gasteiger partial charge in [-0.25, -0.2) is 0 Å². The quantitative estimate of drug-likeness (QED) is 0.605. The van der Waals surface area contributed by atoms with Gasteiger partial charge in [-0.3, -0.25) is 14.5 Å². The molecule has 6 nitrogen and oxygen atoms in total. The minimum absolute atomic E-state index is 0.0982. The lowest BCUT2D eigenvalue weighted by atomic mass is 10.2. The second kappa shape index (κ2) is 5.81. The molecular weight excluding hydrogens is 208 g/mol. The average molecular weight is 228 g/mol. The van der Waals surface area contributed by atoms with Gasteiger partial charge in [-0.05, 0) is 13.0 Å². The van der Waals surface area contributed by atoms with Crippen molar-refractivity contribution in [1.82, 2.24) is 9.80 Å². The number of amides is 2. The van der Waals surface area contributed by atoms with Crippen molar-refractivity contribution in [3.63, 3.8) is 0 Å². The van der Waals surface area contributed by atoms with Crippen molar-refractivity contribution in [1.29, 1.82) is 0 Å². The monoisotopic (exact) mass is 228 g/mol. The molecule has 0 aliphatic carbocycles. The smallest absolute Gasteiger partial charge is 0.235 e. The minimum Gasteiger partial charge on any atom is -0.368 e. The molecule has 1 aliphatic rings. The highest BCUT2D eigenvalue weighted by atomic mass is 16.2. The Bertz CT molecular complexity index is 270. The summed E-state index contributed by atoms with van der Waals surface area (Å²) >= 11 is 0. The van der Waals surface area contributed by atoms with Crippen LogP contribution in [0.2, 0.25) is 0 Å². The van der Waals surface area contributed by atoms with Gasteiger partial charge in [0.05, 0.1) is 6.04 Å². The number of carbonyl (C=O) groups is 2. The molecular formula is C10H20N4O2. The fraction of sp³-hybridized carbons (Fsp3) is 0.800. The van der Waals surface area contributed by atoms with Crippen LogP contribution >= 0.6 is 0 Å². The van der Waals surface area contributed by atoms with E-state index in [2.05, 4.69) is 4.90 Å². The Morgan fingerprint density at radius 2 is 1.94 bits per heavy atom. The normalized spacial score (nSPS) is 20.2. The lowest BCUT2D eigenvalue weighted by Gasteiger charge is -2.22. The maximum Gasteiger partial charge on any atom is 0.235 e. The van der Waals surface area contributed by atoms with E-state index < -0.39 is 11.9 Å². The van der Waals surface area contributed by atoms with Gasteiger partial charge in [-0.15, -0.1) is 0 Å². The van der Waals surface area contributed by atoms with E-state index in [0.29, 0.717) is 13.1 Å². The minimum atomic E-state index is -0.621. The van der Waals surface area contributed by atoms with Gasteiger partial charge in [-0.1, -0.05) is 0 Å². The number of nitrogens with two attached hydrogens (primary N) is 2. The van der Waals surface area contributed by atoms with Crippen LogP contribution in [0.3, 0.4) is 0 Å². The molecule has 1 heterocycles. The highest BCUT2D eigenvalue weighted by Gasteiger charge is 2.19. The average Bonchev–Trinajstić information content (AvgIpc) is 2.43. The Hall–Kier alpha value is -1.14. The molecule has 1 saturated heterocycles. The van der Waals surface area contributed by atoms with E-state index in [0.717, 1.165) is 26.1 Å². The number of carbonyl (C=O) groups excluding carboxylic acids is 2. The third-order valence-electron chi connectivity index (χ3n) is 2.85. The van der Waals surface area contributed by atoms with Gasteiger partial charge in [0.25, 0.3) is 0 Å². The lowest BCUT2D eigenvalue weighted by Crippen LogP contribution is -2.47. The molecule has 0 bridgehead atoms. The van der Waals surface area contributed by atoms with Gasteiger partial charge < -0.3 is 16.4 Å². The van der Waals surface area contributed by atoms with Crippen LogP contribution in [0.25, 0.3) is 0 Å². The summed E-state index contributed by atoms with van der Waals surface area (Å²) in [5.41, 5.74) is 10.7. The molecule has 6 heteroatoms. The zero-order chi connectivity index (χ0) is 12.1. The predicted molar refractivity (Wildman–Crippen MR) is 60.5 cm³/mol. The molecule has 1 atom stereocenters. The molecule has 1 aliphatic heterocycles. The fourth-order valence-electron chi connectivity index (χ4n) is 1.84. The molecule has 0 radical (unpaired) electrons. The second-order valence-corrected chi connectivity index (χ2v) is 4.17. The summed E-state index contributed by atoms with van der Waals surface area (Å²) in [6.07, 6.45) is 0.908. The Balaban J connectivity index is 2.41. The summed E-state index contributed by atoms with van der Waals surface area (Å²) in [5, 5.41) is 0. The zero-order valence-electron chi connectivity index (χ0n) is 9.69. The molecule has 0 saturated carbocycles. The maximum atomic E-state index is 11.2. The molecule has 0 spiro atoms. The first-order chi connectivity index (χ1) is 7.50.